The van der Waals surface area contributed by atoms with E-state index in [2.05, 4.69) is 25.5 Å². The summed E-state index contributed by atoms with van der Waals surface area (Å²) in [5.74, 6) is -3.17. The van der Waals surface area contributed by atoms with Gasteiger partial charge in [-0.3, -0.25) is 14.4 Å². The molecule has 2 heterocycles. The molecule has 0 unspecified atom stereocenters. The number of aliphatic hydroxyl groups is 1. The summed E-state index contributed by atoms with van der Waals surface area (Å²) in [4.78, 5) is 41.9. The Labute approximate surface area is 229 Å². The van der Waals surface area contributed by atoms with E-state index in [1.807, 2.05) is 0 Å². The molecule has 0 spiro atoms. The Kier molecular flexibility index (Phi) is 7.17. The van der Waals surface area contributed by atoms with Crippen molar-refractivity contribution in [2.24, 2.45) is 0 Å². The normalized spacial score (nSPS) is 16.3. The lowest BCUT2D eigenvalue weighted by molar-refractivity contribution is -0.274. The third-order valence-corrected chi connectivity index (χ3v) is 6.46. The minimum absolute atomic E-state index is 0.150. The molecule has 0 aliphatic heterocycles. The molecule has 41 heavy (non-hydrogen) atoms. The molecular weight excluding hydrogens is 550 g/mol. The van der Waals surface area contributed by atoms with Crippen LogP contribution in [-0.4, -0.2) is 49.8 Å². The molecule has 1 aliphatic carbocycles. The van der Waals surface area contributed by atoms with Gasteiger partial charge in [-0.05, 0) is 41.8 Å². The molecule has 14 heteroatoms. The van der Waals surface area contributed by atoms with Gasteiger partial charge < -0.3 is 20.5 Å². The number of amides is 2. The number of benzene rings is 2. The van der Waals surface area contributed by atoms with Crippen LogP contribution in [0.25, 0.3) is 5.65 Å². The van der Waals surface area contributed by atoms with Gasteiger partial charge in [-0.2, -0.15) is 5.10 Å². The Morgan fingerprint density at radius 3 is 2.63 bits per heavy atom. The van der Waals surface area contributed by atoms with Crippen molar-refractivity contribution in [3.63, 3.8) is 0 Å². The van der Waals surface area contributed by atoms with E-state index in [1.54, 1.807) is 18.2 Å². The van der Waals surface area contributed by atoms with Gasteiger partial charge >= 0.3 is 6.36 Å². The number of nitrogens with zero attached hydrogens (tertiary/aromatic N) is 3. The van der Waals surface area contributed by atoms with Crippen LogP contribution in [-0.2, 0) is 13.0 Å². The number of carbonyl (C=O) groups excluding carboxylic acids is 3. The van der Waals surface area contributed by atoms with E-state index in [0.29, 0.717) is 16.7 Å². The average molecular weight is 571 g/mol. The van der Waals surface area contributed by atoms with Gasteiger partial charge in [0.15, 0.2) is 17.2 Å². The van der Waals surface area contributed by atoms with Gasteiger partial charge in [0.25, 0.3) is 11.8 Å². The van der Waals surface area contributed by atoms with Gasteiger partial charge in [-0.25, -0.2) is 13.9 Å². The quantitative estimate of drug-likeness (QED) is 0.229. The number of hydrogen-bond donors (Lipinski definition) is 3. The van der Waals surface area contributed by atoms with Crippen molar-refractivity contribution in [2.75, 3.05) is 0 Å². The number of carbonyl (C=O) groups is 3. The van der Waals surface area contributed by atoms with Crippen molar-refractivity contribution in [1.29, 1.82) is 0 Å². The van der Waals surface area contributed by atoms with Crippen LogP contribution in [0.1, 0.15) is 61.0 Å². The fraction of sp³-hybridized carbons (Fsp3) is 0.222. The van der Waals surface area contributed by atoms with Crippen LogP contribution in [0.2, 0.25) is 0 Å². The third kappa shape index (κ3) is 5.87. The van der Waals surface area contributed by atoms with Gasteiger partial charge in [0.2, 0.25) is 0 Å². The van der Waals surface area contributed by atoms with Gasteiger partial charge in [-0.15, -0.1) is 13.2 Å². The van der Waals surface area contributed by atoms with E-state index in [4.69, 9.17) is 0 Å². The number of aromatic nitrogens is 3. The predicted molar refractivity (Wildman–Crippen MR) is 134 cm³/mol. The molecule has 2 aromatic carbocycles. The summed E-state index contributed by atoms with van der Waals surface area (Å²) in [6.45, 7) is 1.19. The summed E-state index contributed by atoms with van der Waals surface area (Å²) in [5.41, 5.74) is 0.987. The van der Waals surface area contributed by atoms with Crippen LogP contribution in [0.3, 0.4) is 0 Å². The maximum atomic E-state index is 14.4. The molecule has 10 nitrogen and oxygen atoms in total. The Balaban J connectivity index is 1.38. The van der Waals surface area contributed by atoms with E-state index in [0.717, 1.165) is 28.9 Å². The SMILES string of the molecule is CC(=O)c1ccc2c(c1)C[C@@H](O)[C@@H]2NC(=O)c1cc(C(=O)NCc2cccc(OC(F)(F)F)c2)nc2c(F)cnn12. The van der Waals surface area contributed by atoms with E-state index in [-0.39, 0.29) is 35.7 Å². The Hall–Kier alpha value is -4.85. The van der Waals surface area contributed by atoms with E-state index in [1.165, 1.54) is 19.1 Å². The Morgan fingerprint density at radius 2 is 1.90 bits per heavy atom. The smallest absolute Gasteiger partial charge is 0.406 e. The number of Topliss-reactive ketones (excluding diaryl/α,β-unsaturated/α-hetero) is 1. The van der Waals surface area contributed by atoms with Crippen molar-refractivity contribution in [1.82, 2.24) is 25.2 Å². The summed E-state index contributed by atoms with van der Waals surface area (Å²) < 4.78 is 56.8. The lowest BCUT2D eigenvalue weighted by atomic mass is 10.0. The molecule has 3 N–H and O–H groups in total. The highest BCUT2D eigenvalue weighted by Crippen LogP contribution is 2.33. The summed E-state index contributed by atoms with van der Waals surface area (Å²) >= 11 is 0. The van der Waals surface area contributed by atoms with Crippen LogP contribution in [0.4, 0.5) is 17.6 Å². The van der Waals surface area contributed by atoms with Crippen molar-refractivity contribution in [3.05, 3.63) is 94.2 Å². The molecule has 0 radical (unpaired) electrons. The van der Waals surface area contributed by atoms with Crippen LogP contribution < -0.4 is 15.4 Å². The molecule has 2 atom stereocenters. The number of fused-ring (bicyclic) bond motifs is 2. The van der Waals surface area contributed by atoms with Crippen molar-refractivity contribution < 1.29 is 41.8 Å². The molecule has 0 fully saturated rings. The predicted octanol–water partition coefficient (Wildman–Crippen LogP) is 3.29. The maximum Gasteiger partial charge on any atom is 0.573 e. The van der Waals surface area contributed by atoms with Gasteiger partial charge in [0, 0.05) is 24.6 Å². The molecule has 212 valence electrons. The zero-order valence-corrected chi connectivity index (χ0v) is 21.2. The Bertz CT molecular complexity index is 1690. The first-order valence-electron chi connectivity index (χ1n) is 12.2. The summed E-state index contributed by atoms with van der Waals surface area (Å²) in [6.07, 6.45) is -4.90. The molecular formula is C27H21F4N5O5. The topological polar surface area (TPSA) is 135 Å². The van der Waals surface area contributed by atoms with Gasteiger partial charge in [0.05, 0.1) is 18.3 Å². The highest BCUT2D eigenvalue weighted by molar-refractivity contribution is 5.98. The molecule has 0 bridgehead atoms. The highest BCUT2D eigenvalue weighted by atomic mass is 19.4. The fourth-order valence-corrected chi connectivity index (χ4v) is 4.58. The van der Waals surface area contributed by atoms with E-state index < -0.39 is 47.5 Å². The number of aliphatic hydroxyl groups excluding tert-OH is 1. The number of alkyl halides is 3. The van der Waals surface area contributed by atoms with Crippen molar-refractivity contribution >= 4 is 23.2 Å². The van der Waals surface area contributed by atoms with Crippen LogP contribution in [0.5, 0.6) is 5.75 Å². The lowest BCUT2D eigenvalue weighted by Gasteiger charge is -2.18. The average Bonchev–Trinajstić information content (AvgIpc) is 3.44. The monoisotopic (exact) mass is 571 g/mol. The molecule has 0 saturated carbocycles. The summed E-state index contributed by atoms with van der Waals surface area (Å²) in [5, 5.41) is 19.6. The number of ketones is 1. The number of nitrogens with one attached hydrogen (secondary N) is 2. The van der Waals surface area contributed by atoms with Crippen LogP contribution in [0, 0.1) is 5.82 Å². The van der Waals surface area contributed by atoms with E-state index >= 15 is 0 Å². The van der Waals surface area contributed by atoms with Gasteiger partial charge in [-0.1, -0.05) is 24.3 Å². The first kappa shape index (κ1) is 27.7. The first-order valence-corrected chi connectivity index (χ1v) is 12.2. The highest BCUT2D eigenvalue weighted by Gasteiger charge is 2.34. The second kappa shape index (κ2) is 10.6. The third-order valence-electron chi connectivity index (χ3n) is 6.46. The number of hydrogen-bond acceptors (Lipinski definition) is 7. The van der Waals surface area contributed by atoms with Crippen LogP contribution in [0.15, 0.2) is 54.7 Å². The Morgan fingerprint density at radius 1 is 1.12 bits per heavy atom. The molecule has 1 aliphatic rings. The first-order chi connectivity index (χ1) is 19.4. The number of ether oxygens (including phenoxy) is 1. The van der Waals surface area contributed by atoms with Crippen molar-refractivity contribution in [3.8, 4) is 5.75 Å². The molecule has 5 rings (SSSR count). The van der Waals surface area contributed by atoms with Crippen molar-refractivity contribution in [2.45, 2.75) is 38.4 Å². The van der Waals surface area contributed by atoms with E-state index in [9.17, 15) is 37.1 Å². The molecule has 2 amide bonds. The summed E-state index contributed by atoms with van der Waals surface area (Å²) in [7, 11) is 0. The molecule has 4 aromatic rings. The number of rotatable bonds is 7. The van der Waals surface area contributed by atoms with Crippen LogP contribution >= 0.6 is 0 Å². The molecule has 0 saturated heterocycles. The van der Waals surface area contributed by atoms with Gasteiger partial charge in [0.1, 0.15) is 17.1 Å². The zero-order chi connectivity index (χ0) is 29.5. The summed E-state index contributed by atoms with van der Waals surface area (Å²) in [6, 6.07) is 10.0. The largest absolute Gasteiger partial charge is 0.573 e. The number of halogens is 4. The molecule has 2 aromatic heterocycles. The second-order valence-corrected chi connectivity index (χ2v) is 9.32. The lowest BCUT2D eigenvalue weighted by Crippen LogP contribution is -2.35. The maximum absolute atomic E-state index is 14.4. The minimum Gasteiger partial charge on any atom is -0.406 e. The zero-order valence-electron chi connectivity index (χ0n) is 21.2. The second-order valence-electron chi connectivity index (χ2n) is 9.32. The standard InChI is InChI=1S/C27H21F4N5O5/c1-13(37)15-5-6-18-16(8-15)9-22(38)23(18)35-26(40)21-10-20(34-24-19(28)12-33-36(21)24)25(39)32-11-14-3-2-4-17(7-14)41-27(29,30)31/h2-8,10,12,22-23,38H,9,11H2,1H3,(H,32,39)(H,35,40)/t22-,23-/m1/s1. The fourth-order valence-electron chi connectivity index (χ4n) is 4.58. The minimum atomic E-state index is -4.89.